The number of Topliss-reactive ketones (excluding diaryl/α,β-unsaturated/α-hetero) is 1. The third-order valence-electron chi connectivity index (χ3n) is 3.00. The fourth-order valence-electron chi connectivity index (χ4n) is 1.92. The summed E-state index contributed by atoms with van der Waals surface area (Å²) in [6.07, 6.45) is 0.648. The summed E-state index contributed by atoms with van der Waals surface area (Å²) < 4.78 is 0. The molecule has 2 heteroatoms. The number of ketones is 1. The standard InChI is InChI=1S/C14H21NO/c1-9(2)14(16)13(15)8-12-10(3)6-5-7-11(12)4/h5-7,9,13H,8,15H2,1-4H3/t13-/m0/s1. The van der Waals surface area contributed by atoms with Gasteiger partial charge in [0, 0.05) is 5.92 Å². The van der Waals surface area contributed by atoms with Crippen molar-refractivity contribution in [3.63, 3.8) is 0 Å². The van der Waals surface area contributed by atoms with Gasteiger partial charge in [-0.1, -0.05) is 32.0 Å². The van der Waals surface area contributed by atoms with Crippen LogP contribution in [0.5, 0.6) is 0 Å². The summed E-state index contributed by atoms with van der Waals surface area (Å²) in [5.41, 5.74) is 9.58. The van der Waals surface area contributed by atoms with Gasteiger partial charge in [-0.05, 0) is 37.0 Å². The molecule has 0 aliphatic carbocycles. The number of aryl methyl sites for hydroxylation is 2. The highest BCUT2D eigenvalue weighted by atomic mass is 16.1. The molecule has 2 N–H and O–H groups in total. The molecule has 0 aromatic heterocycles. The Bertz CT molecular complexity index is 362. The molecule has 16 heavy (non-hydrogen) atoms. The van der Waals surface area contributed by atoms with Crippen LogP contribution in [0.1, 0.15) is 30.5 Å². The highest BCUT2D eigenvalue weighted by Gasteiger charge is 2.18. The zero-order chi connectivity index (χ0) is 12.3. The molecule has 0 spiro atoms. The average Bonchev–Trinajstić information content (AvgIpc) is 2.22. The predicted molar refractivity (Wildman–Crippen MR) is 67.4 cm³/mol. The molecule has 0 saturated heterocycles. The molecule has 0 bridgehead atoms. The third-order valence-corrected chi connectivity index (χ3v) is 3.00. The van der Waals surface area contributed by atoms with Crippen LogP contribution in [0.15, 0.2) is 18.2 Å². The van der Waals surface area contributed by atoms with Gasteiger partial charge in [0.1, 0.15) is 0 Å². The lowest BCUT2D eigenvalue weighted by Crippen LogP contribution is -2.36. The lowest BCUT2D eigenvalue weighted by atomic mass is 9.92. The first-order valence-electron chi connectivity index (χ1n) is 5.78. The Labute approximate surface area is 97.9 Å². The highest BCUT2D eigenvalue weighted by Crippen LogP contribution is 2.16. The summed E-state index contributed by atoms with van der Waals surface area (Å²) in [7, 11) is 0. The molecule has 0 aliphatic rings. The zero-order valence-corrected chi connectivity index (χ0v) is 10.6. The van der Waals surface area contributed by atoms with E-state index in [0.717, 1.165) is 0 Å². The van der Waals surface area contributed by atoms with E-state index in [9.17, 15) is 4.79 Å². The maximum absolute atomic E-state index is 11.7. The van der Waals surface area contributed by atoms with Gasteiger partial charge in [-0.25, -0.2) is 0 Å². The lowest BCUT2D eigenvalue weighted by Gasteiger charge is -2.16. The van der Waals surface area contributed by atoms with Crippen LogP contribution in [-0.4, -0.2) is 11.8 Å². The maximum atomic E-state index is 11.7. The van der Waals surface area contributed by atoms with Crippen molar-refractivity contribution in [3.8, 4) is 0 Å². The minimum atomic E-state index is -0.375. The molecule has 0 saturated carbocycles. The van der Waals surface area contributed by atoms with Crippen LogP contribution in [0.3, 0.4) is 0 Å². The predicted octanol–water partition coefficient (Wildman–Crippen LogP) is 2.40. The summed E-state index contributed by atoms with van der Waals surface area (Å²) in [4.78, 5) is 11.7. The Balaban J connectivity index is 2.85. The van der Waals surface area contributed by atoms with Crippen LogP contribution >= 0.6 is 0 Å². The van der Waals surface area contributed by atoms with Crippen molar-refractivity contribution in [1.29, 1.82) is 0 Å². The van der Waals surface area contributed by atoms with Gasteiger partial charge in [-0.3, -0.25) is 4.79 Å². The molecule has 88 valence electrons. The maximum Gasteiger partial charge on any atom is 0.152 e. The second-order valence-electron chi connectivity index (χ2n) is 4.74. The number of hydrogen-bond donors (Lipinski definition) is 1. The number of nitrogens with two attached hydrogens (primary N) is 1. The molecule has 0 aliphatic heterocycles. The minimum absolute atomic E-state index is 0.0133. The van der Waals surface area contributed by atoms with E-state index < -0.39 is 0 Å². The van der Waals surface area contributed by atoms with E-state index in [0.29, 0.717) is 6.42 Å². The number of benzene rings is 1. The summed E-state index contributed by atoms with van der Waals surface area (Å²) in [5, 5.41) is 0. The molecular weight excluding hydrogens is 198 g/mol. The quantitative estimate of drug-likeness (QED) is 0.845. The van der Waals surface area contributed by atoms with Crippen LogP contribution in [0.2, 0.25) is 0 Å². The fourth-order valence-corrected chi connectivity index (χ4v) is 1.92. The van der Waals surface area contributed by atoms with E-state index in [1.54, 1.807) is 0 Å². The Morgan fingerprint density at radius 3 is 2.19 bits per heavy atom. The summed E-state index contributed by atoms with van der Waals surface area (Å²) in [6.45, 7) is 7.92. The largest absolute Gasteiger partial charge is 0.321 e. The molecule has 0 amide bonds. The average molecular weight is 219 g/mol. The molecule has 1 aromatic carbocycles. The van der Waals surface area contributed by atoms with Crippen molar-refractivity contribution in [1.82, 2.24) is 0 Å². The van der Waals surface area contributed by atoms with Crippen molar-refractivity contribution < 1.29 is 4.79 Å². The van der Waals surface area contributed by atoms with Crippen LogP contribution in [0.4, 0.5) is 0 Å². The zero-order valence-electron chi connectivity index (χ0n) is 10.6. The molecule has 1 atom stereocenters. The summed E-state index contributed by atoms with van der Waals surface area (Å²) in [5.74, 6) is 0.155. The molecule has 0 unspecified atom stereocenters. The van der Waals surface area contributed by atoms with Crippen molar-refractivity contribution in [2.24, 2.45) is 11.7 Å². The van der Waals surface area contributed by atoms with Gasteiger partial charge in [-0.2, -0.15) is 0 Å². The number of hydrogen-bond acceptors (Lipinski definition) is 2. The SMILES string of the molecule is Cc1cccc(C)c1C[C@H](N)C(=O)C(C)C. The van der Waals surface area contributed by atoms with E-state index in [-0.39, 0.29) is 17.7 Å². The molecule has 0 heterocycles. The van der Waals surface area contributed by atoms with Gasteiger partial charge < -0.3 is 5.73 Å². The fraction of sp³-hybridized carbons (Fsp3) is 0.500. The van der Waals surface area contributed by atoms with Crippen molar-refractivity contribution >= 4 is 5.78 Å². The second kappa shape index (κ2) is 5.26. The topological polar surface area (TPSA) is 43.1 Å². The van der Waals surface area contributed by atoms with Crippen molar-refractivity contribution in [3.05, 3.63) is 34.9 Å². The second-order valence-corrected chi connectivity index (χ2v) is 4.74. The Morgan fingerprint density at radius 2 is 1.75 bits per heavy atom. The summed E-state index contributed by atoms with van der Waals surface area (Å²) in [6, 6.07) is 5.79. The molecule has 0 radical (unpaired) electrons. The highest BCUT2D eigenvalue weighted by molar-refractivity contribution is 5.85. The smallest absolute Gasteiger partial charge is 0.152 e. The van der Waals surface area contributed by atoms with Gasteiger partial charge in [0.15, 0.2) is 5.78 Å². The van der Waals surface area contributed by atoms with Gasteiger partial charge in [0.25, 0.3) is 0 Å². The first kappa shape index (κ1) is 12.9. The molecule has 1 aromatic rings. The van der Waals surface area contributed by atoms with E-state index in [4.69, 9.17) is 5.73 Å². The van der Waals surface area contributed by atoms with Gasteiger partial charge in [0.2, 0.25) is 0 Å². The monoisotopic (exact) mass is 219 g/mol. The lowest BCUT2D eigenvalue weighted by molar-refractivity contribution is -0.123. The van der Waals surface area contributed by atoms with E-state index in [2.05, 4.69) is 26.0 Å². The first-order chi connectivity index (χ1) is 7.43. The van der Waals surface area contributed by atoms with Crippen LogP contribution in [-0.2, 0) is 11.2 Å². The number of carbonyl (C=O) groups excluding carboxylic acids is 1. The number of rotatable bonds is 4. The van der Waals surface area contributed by atoms with Crippen molar-refractivity contribution in [2.45, 2.75) is 40.2 Å². The van der Waals surface area contributed by atoms with E-state index in [1.165, 1.54) is 16.7 Å². The Hall–Kier alpha value is -1.15. The van der Waals surface area contributed by atoms with Crippen LogP contribution in [0, 0.1) is 19.8 Å². The molecule has 2 nitrogen and oxygen atoms in total. The van der Waals surface area contributed by atoms with Crippen LogP contribution < -0.4 is 5.73 Å². The normalized spacial score (nSPS) is 12.9. The molecular formula is C14H21NO. The molecule has 1 rings (SSSR count). The Kier molecular flexibility index (Phi) is 4.25. The van der Waals surface area contributed by atoms with E-state index >= 15 is 0 Å². The van der Waals surface area contributed by atoms with Gasteiger partial charge in [-0.15, -0.1) is 0 Å². The van der Waals surface area contributed by atoms with Gasteiger partial charge in [0.05, 0.1) is 6.04 Å². The minimum Gasteiger partial charge on any atom is -0.321 e. The van der Waals surface area contributed by atoms with Crippen LogP contribution in [0.25, 0.3) is 0 Å². The summed E-state index contributed by atoms with van der Waals surface area (Å²) >= 11 is 0. The number of carbonyl (C=O) groups is 1. The molecule has 0 fully saturated rings. The first-order valence-corrected chi connectivity index (χ1v) is 5.78. The third kappa shape index (κ3) is 2.92. The van der Waals surface area contributed by atoms with Gasteiger partial charge >= 0.3 is 0 Å². The van der Waals surface area contributed by atoms with E-state index in [1.807, 2.05) is 19.9 Å². The van der Waals surface area contributed by atoms with Crippen molar-refractivity contribution in [2.75, 3.05) is 0 Å². The Morgan fingerprint density at radius 1 is 1.25 bits per heavy atom.